The highest BCUT2D eigenvalue weighted by atomic mass is 19.1. The number of rotatable bonds is 6. The lowest BCUT2D eigenvalue weighted by atomic mass is 9.80. The highest BCUT2D eigenvalue weighted by Gasteiger charge is 2.52. The highest BCUT2D eigenvalue weighted by Crippen LogP contribution is 2.36. The highest BCUT2D eigenvalue weighted by molar-refractivity contribution is 6.62. The van der Waals surface area contributed by atoms with Crippen molar-refractivity contribution >= 4 is 12.6 Å². The van der Waals surface area contributed by atoms with Crippen molar-refractivity contribution in [3.05, 3.63) is 18.1 Å². The van der Waals surface area contributed by atoms with Crippen LogP contribution in [0.2, 0.25) is 0 Å². The average Bonchev–Trinajstić information content (AvgIpc) is 2.65. The van der Waals surface area contributed by atoms with Crippen molar-refractivity contribution in [2.45, 2.75) is 51.7 Å². The average molecular weight is 336 g/mol. The van der Waals surface area contributed by atoms with E-state index in [1.165, 1.54) is 19.5 Å². The van der Waals surface area contributed by atoms with Crippen molar-refractivity contribution in [2.24, 2.45) is 0 Å². The molecule has 0 aliphatic carbocycles. The molecule has 0 unspecified atom stereocenters. The molecule has 1 aromatic heterocycles. The van der Waals surface area contributed by atoms with Crippen LogP contribution in [-0.4, -0.2) is 54.4 Å². The number of hydrogen-bond acceptors (Lipinski definition) is 5. The molecule has 0 N–H and O–H groups in total. The van der Waals surface area contributed by atoms with Gasteiger partial charge in [-0.25, -0.2) is 0 Å². The minimum Gasteiger partial charge on any atom is -0.478 e. The molecule has 5 nitrogen and oxygen atoms in total. The number of likely N-dealkylation sites (tertiary alicyclic amines) is 1. The molecule has 0 radical (unpaired) electrons. The maximum Gasteiger partial charge on any atom is 0.499 e. The summed E-state index contributed by atoms with van der Waals surface area (Å²) in [5.41, 5.74) is -0.701. The third kappa shape index (κ3) is 3.58. The summed E-state index contributed by atoms with van der Waals surface area (Å²) in [4.78, 5) is 6.28. The molecule has 1 aromatic rings. The van der Waals surface area contributed by atoms with Crippen LogP contribution in [0.15, 0.2) is 12.1 Å². The number of ether oxygens (including phenoxy) is 1. The lowest BCUT2D eigenvalue weighted by molar-refractivity contribution is 0.00578. The lowest BCUT2D eigenvalue weighted by Gasteiger charge is -2.32. The fourth-order valence-electron chi connectivity index (χ4n) is 2.72. The van der Waals surface area contributed by atoms with Crippen molar-refractivity contribution in [2.75, 3.05) is 26.2 Å². The maximum absolute atomic E-state index is 14.3. The molecule has 132 valence electrons. The Kier molecular flexibility index (Phi) is 4.86. The quantitative estimate of drug-likeness (QED) is 0.452. The van der Waals surface area contributed by atoms with Crippen molar-refractivity contribution in [1.29, 1.82) is 0 Å². The standard InChI is InChI=1S/C17H26BFN2O3/c1-16(2)17(3,4)24-18(23-16)13-7-8-14(20-15(13)19)22-12-6-11-21-9-5-10-21/h7-8H,5-6,9-12H2,1-4H3. The summed E-state index contributed by atoms with van der Waals surface area (Å²) in [5.74, 6) is -0.301. The molecule has 7 heteroatoms. The lowest BCUT2D eigenvalue weighted by Crippen LogP contribution is -2.41. The normalized spacial score (nSPS) is 22.5. The number of halogens is 1. The zero-order valence-electron chi connectivity index (χ0n) is 15.0. The molecular weight excluding hydrogens is 310 g/mol. The van der Waals surface area contributed by atoms with Gasteiger partial charge in [-0.15, -0.1) is 0 Å². The van der Waals surface area contributed by atoms with Crippen LogP contribution in [-0.2, 0) is 9.31 Å². The van der Waals surface area contributed by atoms with Gasteiger partial charge in [0, 0.05) is 18.1 Å². The van der Waals surface area contributed by atoms with E-state index in [1.54, 1.807) is 12.1 Å². The fourth-order valence-corrected chi connectivity index (χ4v) is 2.72. The first-order valence-electron chi connectivity index (χ1n) is 8.66. The van der Waals surface area contributed by atoms with Gasteiger partial charge in [0.25, 0.3) is 0 Å². The monoisotopic (exact) mass is 336 g/mol. The van der Waals surface area contributed by atoms with Crippen molar-refractivity contribution in [3.63, 3.8) is 0 Å². The molecule has 3 heterocycles. The number of pyridine rings is 1. The van der Waals surface area contributed by atoms with Gasteiger partial charge in [0.15, 0.2) is 0 Å². The first-order valence-corrected chi connectivity index (χ1v) is 8.66. The van der Waals surface area contributed by atoms with Crippen LogP contribution >= 0.6 is 0 Å². The molecule has 3 rings (SSSR count). The minimum absolute atomic E-state index is 0.302. The summed E-state index contributed by atoms with van der Waals surface area (Å²) in [6.45, 7) is 11.7. The van der Waals surface area contributed by atoms with Gasteiger partial charge in [-0.05, 0) is 53.6 Å². The molecule has 24 heavy (non-hydrogen) atoms. The van der Waals surface area contributed by atoms with Gasteiger partial charge < -0.3 is 18.9 Å². The van der Waals surface area contributed by atoms with E-state index in [9.17, 15) is 4.39 Å². The smallest absolute Gasteiger partial charge is 0.478 e. The topological polar surface area (TPSA) is 43.8 Å². The third-order valence-electron chi connectivity index (χ3n) is 5.18. The first kappa shape index (κ1) is 17.6. The molecule has 2 saturated heterocycles. The van der Waals surface area contributed by atoms with E-state index in [2.05, 4.69) is 9.88 Å². The molecule has 2 aliphatic heterocycles. The van der Waals surface area contributed by atoms with Crippen LogP contribution < -0.4 is 10.2 Å². The summed E-state index contributed by atoms with van der Waals surface area (Å²) in [6, 6.07) is 3.31. The van der Waals surface area contributed by atoms with Gasteiger partial charge >= 0.3 is 7.12 Å². The van der Waals surface area contributed by atoms with Crippen molar-refractivity contribution < 1.29 is 18.4 Å². The van der Waals surface area contributed by atoms with Crippen molar-refractivity contribution in [3.8, 4) is 5.88 Å². The minimum atomic E-state index is -0.747. The van der Waals surface area contributed by atoms with Crippen LogP contribution in [0.4, 0.5) is 4.39 Å². The van der Waals surface area contributed by atoms with Gasteiger partial charge in [0.05, 0.1) is 17.8 Å². The second-order valence-electron chi connectivity index (χ2n) is 7.51. The number of hydrogen-bond donors (Lipinski definition) is 0. The molecule has 0 spiro atoms. The first-order chi connectivity index (χ1) is 11.3. The summed E-state index contributed by atoms with van der Waals surface area (Å²) < 4.78 is 31.6. The molecule has 0 saturated carbocycles. The Morgan fingerprint density at radius 3 is 2.42 bits per heavy atom. The Balaban J connectivity index is 1.56. The second-order valence-corrected chi connectivity index (χ2v) is 7.51. The molecule has 0 aromatic carbocycles. The van der Waals surface area contributed by atoms with E-state index in [0.29, 0.717) is 17.9 Å². The molecule has 0 amide bonds. The van der Waals surface area contributed by atoms with Crippen LogP contribution in [0.3, 0.4) is 0 Å². The largest absolute Gasteiger partial charge is 0.499 e. The molecule has 2 fully saturated rings. The fraction of sp³-hybridized carbons (Fsp3) is 0.706. The van der Waals surface area contributed by atoms with E-state index in [0.717, 1.165) is 13.0 Å². The number of nitrogens with zero attached hydrogens (tertiary/aromatic N) is 2. The van der Waals surface area contributed by atoms with E-state index >= 15 is 0 Å². The van der Waals surface area contributed by atoms with E-state index in [4.69, 9.17) is 14.0 Å². The van der Waals surface area contributed by atoms with E-state index < -0.39 is 24.3 Å². The molecular formula is C17H26BFN2O3. The Morgan fingerprint density at radius 1 is 1.21 bits per heavy atom. The van der Waals surface area contributed by atoms with Crippen molar-refractivity contribution in [1.82, 2.24) is 9.88 Å². The Bertz CT molecular complexity index is 577. The van der Waals surface area contributed by atoms with Crippen LogP contribution in [0.1, 0.15) is 40.5 Å². The summed E-state index contributed by atoms with van der Waals surface area (Å²) >= 11 is 0. The zero-order valence-corrected chi connectivity index (χ0v) is 15.0. The predicted molar refractivity (Wildman–Crippen MR) is 91.1 cm³/mol. The van der Waals surface area contributed by atoms with Gasteiger partial charge in [-0.3, -0.25) is 0 Å². The van der Waals surface area contributed by atoms with Gasteiger partial charge in [-0.2, -0.15) is 9.37 Å². The third-order valence-corrected chi connectivity index (χ3v) is 5.18. The van der Waals surface area contributed by atoms with Gasteiger partial charge in [0.2, 0.25) is 11.8 Å². The van der Waals surface area contributed by atoms with Crippen LogP contribution in [0.25, 0.3) is 0 Å². The van der Waals surface area contributed by atoms with E-state index in [-0.39, 0.29) is 0 Å². The second kappa shape index (κ2) is 6.62. The van der Waals surface area contributed by atoms with Gasteiger partial charge in [0.1, 0.15) is 0 Å². The zero-order chi connectivity index (χ0) is 17.4. The van der Waals surface area contributed by atoms with Crippen LogP contribution in [0, 0.1) is 5.95 Å². The molecule has 0 bridgehead atoms. The van der Waals surface area contributed by atoms with Crippen LogP contribution in [0.5, 0.6) is 5.88 Å². The Morgan fingerprint density at radius 2 is 1.88 bits per heavy atom. The molecule has 2 aliphatic rings. The van der Waals surface area contributed by atoms with E-state index in [1.807, 2.05) is 27.7 Å². The SMILES string of the molecule is CC1(C)OB(c2ccc(OCCCN3CCC3)nc2F)OC1(C)C. The van der Waals surface area contributed by atoms with Gasteiger partial charge in [-0.1, -0.05) is 6.07 Å². The predicted octanol–water partition coefficient (Wildman–Crippen LogP) is 1.99. The molecule has 0 atom stereocenters. The maximum atomic E-state index is 14.3. The number of aromatic nitrogens is 1. The Hall–Kier alpha value is -1.18. The summed E-state index contributed by atoms with van der Waals surface area (Å²) in [5, 5.41) is 0. The summed E-state index contributed by atoms with van der Waals surface area (Å²) in [6.07, 6.45) is 2.20. The Labute approximate surface area is 143 Å². The summed E-state index contributed by atoms with van der Waals surface area (Å²) in [7, 11) is -0.747.